The molecule has 3 rings (SSSR count). The van der Waals surface area contributed by atoms with Gasteiger partial charge < -0.3 is 4.74 Å². The lowest BCUT2D eigenvalue weighted by Crippen LogP contribution is -2.30. The number of carbonyl (C=O) groups is 1. The number of likely N-dealkylation sites (tertiary alicyclic amines) is 1. The highest BCUT2D eigenvalue weighted by molar-refractivity contribution is 5.85. The molecule has 144 valence electrons. The van der Waals surface area contributed by atoms with Crippen LogP contribution in [-0.2, 0) is 9.53 Å². The molecular weight excluding hydrogens is 346 g/mol. The summed E-state index contributed by atoms with van der Waals surface area (Å²) in [5.41, 5.74) is 1.47. The summed E-state index contributed by atoms with van der Waals surface area (Å²) >= 11 is 0. The SMILES string of the molecule is CC1(C)CCN(CCOC(=O)C(c2ccccc2)C2C=CCCC2)C1.Cl. The number of nitrogens with zero attached hydrogens (tertiary/aromatic N) is 1. The van der Waals surface area contributed by atoms with E-state index < -0.39 is 0 Å². The summed E-state index contributed by atoms with van der Waals surface area (Å²) in [6.45, 7) is 8.15. The molecule has 0 amide bonds. The molecule has 26 heavy (non-hydrogen) atoms. The Balaban J connectivity index is 0.00000243. The van der Waals surface area contributed by atoms with Gasteiger partial charge in [0.1, 0.15) is 6.61 Å². The molecule has 4 heteroatoms. The highest BCUT2D eigenvalue weighted by Gasteiger charge is 2.31. The largest absolute Gasteiger partial charge is 0.464 e. The van der Waals surface area contributed by atoms with E-state index in [2.05, 4.69) is 43.0 Å². The second-order valence-electron chi connectivity index (χ2n) is 8.27. The Morgan fingerprint density at radius 3 is 2.69 bits per heavy atom. The minimum absolute atomic E-state index is 0. The van der Waals surface area contributed by atoms with Crippen molar-refractivity contribution in [2.45, 2.75) is 45.4 Å². The molecule has 0 aromatic heterocycles. The van der Waals surface area contributed by atoms with E-state index in [0.29, 0.717) is 12.0 Å². The molecule has 1 aromatic rings. The Kier molecular flexibility index (Phi) is 7.72. The number of hydrogen-bond acceptors (Lipinski definition) is 3. The fourth-order valence-electron chi connectivity index (χ4n) is 4.12. The molecule has 1 aliphatic heterocycles. The zero-order valence-corrected chi connectivity index (χ0v) is 16.8. The first kappa shape index (κ1) is 21.0. The van der Waals surface area contributed by atoms with Crippen LogP contribution in [0.3, 0.4) is 0 Å². The van der Waals surface area contributed by atoms with Crippen LogP contribution in [0.2, 0.25) is 0 Å². The van der Waals surface area contributed by atoms with Gasteiger partial charge in [-0.05, 0) is 49.1 Å². The number of esters is 1. The van der Waals surface area contributed by atoms with E-state index in [1.165, 1.54) is 6.42 Å². The smallest absolute Gasteiger partial charge is 0.314 e. The molecule has 1 saturated heterocycles. The van der Waals surface area contributed by atoms with Crippen molar-refractivity contribution in [2.75, 3.05) is 26.2 Å². The predicted octanol–water partition coefficient (Wildman–Crippen LogP) is 4.82. The molecule has 0 bridgehead atoms. The topological polar surface area (TPSA) is 29.5 Å². The Labute approximate surface area is 164 Å². The van der Waals surface area contributed by atoms with Crippen molar-refractivity contribution in [2.24, 2.45) is 11.3 Å². The first-order valence-corrected chi connectivity index (χ1v) is 9.66. The van der Waals surface area contributed by atoms with Crippen LogP contribution in [-0.4, -0.2) is 37.1 Å². The lowest BCUT2D eigenvalue weighted by Gasteiger charge is -2.26. The summed E-state index contributed by atoms with van der Waals surface area (Å²) in [7, 11) is 0. The first-order valence-electron chi connectivity index (χ1n) is 9.66. The number of carbonyl (C=O) groups excluding carboxylic acids is 1. The van der Waals surface area contributed by atoms with Crippen LogP contribution in [0.25, 0.3) is 0 Å². The Morgan fingerprint density at radius 1 is 1.31 bits per heavy atom. The Morgan fingerprint density at radius 2 is 2.08 bits per heavy atom. The van der Waals surface area contributed by atoms with Gasteiger partial charge in [-0.25, -0.2) is 0 Å². The molecule has 1 aromatic carbocycles. The first-order chi connectivity index (χ1) is 12.1. The molecule has 0 radical (unpaired) electrons. The van der Waals surface area contributed by atoms with Crippen LogP contribution in [0, 0.1) is 11.3 Å². The lowest BCUT2D eigenvalue weighted by molar-refractivity contribution is -0.147. The van der Waals surface area contributed by atoms with Crippen molar-refractivity contribution in [1.29, 1.82) is 0 Å². The van der Waals surface area contributed by atoms with Gasteiger partial charge in [0.15, 0.2) is 0 Å². The standard InChI is InChI=1S/C22H31NO2.ClH/c1-22(2)13-14-23(17-22)15-16-25-21(24)20(18-9-5-3-6-10-18)19-11-7-4-8-12-19;/h3,5-7,9-11,19-20H,4,8,12-17H2,1-2H3;1H. The van der Waals surface area contributed by atoms with E-state index >= 15 is 0 Å². The van der Waals surface area contributed by atoms with Crippen LogP contribution in [0.4, 0.5) is 0 Å². The number of ether oxygens (including phenoxy) is 1. The number of benzene rings is 1. The normalized spacial score (nSPS) is 23.2. The minimum atomic E-state index is -0.173. The van der Waals surface area contributed by atoms with Crippen LogP contribution < -0.4 is 0 Å². The fraction of sp³-hybridized carbons (Fsp3) is 0.591. The average Bonchev–Trinajstić information content (AvgIpc) is 2.96. The summed E-state index contributed by atoms with van der Waals surface area (Å²) in [6, 6.07) is 10.1. The van der Waals surface area contributed by atoms with Gasteiger partial charge in [0.25, 0.3) is 0 Å². The average molecular weight is 378 g/mol. The Hall–Kier alpha value is -1.32. The zero-order valence-electron chi connectivity index (χ0n) is 16.0. The van der Waals surface area contributed by atoms with Crippen molar-refractivity contribution in [3.05, 3.63) is 48.0 Å². The van der Waals surface area contributed by atoms with E-state index in [4.69, 9.17) is 4.74 Å². The highest BCUT2D eigenvalue weighted by atomic mass is 35.5. The molecule has 1 aliphatic carbocycles. The van der Waals surface area contributed by atoms with Crippen LogP contribution >= 0.6 is 12.4 Å². The van der Waals surface area contributed by atoms with E-state index in [9.17, 15) is 4.79 Å². The molecule has 3 nitrogen and oxygen atoms in total. The molecule has 2 aliphatic rings. The monoisotopic (exact) mass is 377 g/mol. The van der Waals surface area contributed by atoms with Crippen LogP contribution in [0.15, 0.2) is 42.5 Å². The van der Waals surface area contributed by atoms with Gasteiger partial charge in [-0.1, -0.05) is 56.3 Å². The van der Waals surface area contributed by atoms with Gasteiger partial charge in [-0.3, -0.25) is 9.69 Å². The number of hydrogen-bond donors (Lipinski definition) is 0. The lowest BCUT2D eigenvalue weighted by atomic mass is 9.80. The van der Waals surface area contributed by atoms with Crippen molar-refractivity contribution in [3.63, 3.8) is 0 Å². The third-order valence-electron chi connectivity index (χ3n) is 5.54. The summed E-state index contributed by atoms with van der Waals surface area (Å²) < 4.78 is 5.73. The van der Waals surface area contributed by atoms with E-state index in [1.54, 1.807) is 0 Å². The second kappa shape index (κ2) is 9.57. The number of halogens is 1. The zero-order chi connectivity index (χ0) is 17.7. The molecule has 2 unspecified atom stereocenters. The Bertz CT molecular complexity index is 599. The van der Waals surface area contributed by atoms with Gasteiger partial charge in [-0.15, -0.1) is 12.4 Å². The molecule has 0 spiro atoms. The van der Waals surface area contributed by atoms with Crippen LogP contribution in [0.5, 0.6) is 0 Å². The quantitative estimate of drug-likeness (QED) is 0.525. The van der Waals surface area contributed by atoms with Gasteiger partial charge in [0.2, 0.25) is 0 Å². The molecule has 0 saturated carbocycles. The third-order valence-corrected chi connectivity index (χ3v) is 5.54. The summed E-state index contributed by atoms with van der Waals surface area (Å²) in [6.07, 6.45) is 8.99. The van der Waals surface area contributed by atoms with Gasteiger partial charge in [0, 0.05) is 13.1 Å². The second-order valence-corrected chi connectivity index (χ2v) is 8.27. The maximum absolute atomic E-state index is 12.9. The number of rotatable bonds is 6. The van der Waals surface area contributed by atoms with E-state index in [1.807, 2.05) is 18.2 Å². The summed E-state index contributed by atoms with van der Waals surface area (Å²) in [5.74, 6) is 0.0170. The number of allylic oxidation sites excluding steroid dienone is 2. The van der Waals surface area contributed by atoms with Crippen molar-refractivity contribution in [1.82, 2.24) is 4.90 Å². The van der Waals surface area contributed by atoms with Crippen molar-refractivity contribution in [3.8, 4) is 0 Å². The molecular formula is C22H32ClNO2. The molecule has 2 atom stereocenters. The fourth-order valence-corrected chi connectivity index (χ4v) is 4.12. The predicted molar refractivity (Wildman–Crippen MR) is 109 cm³/mol. The third kappa shape index (κ3) is 5.59. The highest BCUT2D eigenvalue weighted by Crippen LogP contribution is 2.33. The van der Waals surface area contributed by atoms with Gasteiger partial charge in [0.05, 0.1) is 5.92 Å². The van der Waals surface area contributed by atoms with Crippen LogP contribution in [0.1, 0.15) is 51.0 Å². The molecule has 0 N–H and O–H groups in total. The van der Waals surface area contributed by atoms with Gasteiger partial charge >= 0.3 is 5.97 Å². The minimum Gasteiger partial charge on any atom is -0.464 e. The van der Waals surface area contributed by atoms with E-state index in [-0.39, 0.29) is 30.2 Å². The summed E-state index contributed by atoms with van der Waals surface area (Å²) in [4.78, 5) is 15.3. The maximum Gasteiger partial charge on any atom is 0.314 e. The molecule has 1 heterocycles. The van der Waals surface area contributed by atoms with Crippen molar-refractivity contribution >= 4 is 18.4 Å². The van der Waals surface area contributed by atoms with E-state index in [0.717, 1.165) is 44.5 Å². The van der Waals surface area contributed by atoms with Crippen molar-refractivity contribution < 1.29 is 9.53 Å². The van der Waals surface area contributed by atoms with Gasteiger partial charge in [-0.2, -0.15) is 0 Å². The maximum atomic E-state index is 12.9. The summed E-state index contributed by atoms with van der Waals surface area (Å²) in [5, 5.41) is 0. The molecule has 1 fully saturated rings.